The summed E-state index contributed by atoms with van der Waals surface area (Å²) in [5.41, 5.74) is 5.93. The fourth-order valence-corrected chi connectivity index (χ4v) is 4.53. The first-order valence-electron chi connectivity index (χ1n) is 11.4. The Morgan fingerprint density at radius 2 is 1.82 bits per heavy atom. The van der Waals surface area contributed by atoms with Crippen molar-refractivity contribution in [2.45, 2.75) is 52.7 Å². The molecular formula is C28H30N2O4. The predicted octanol–water partition coefficient (Wildman–Crippen LogP) is 5.51. The molecule has 0 bridgehead atoms. The monoisotopic (exact) mass is 458 g/mol. The molecule has 1 atom stereocenters. The standard InChI is InChI=1S/C28H30N2O4/c1-17-8-10-19(11-9-17)24-21-12-14-30(26(31)20-7-6-13-29-16-20)22(21)15-18(2)23(24)25(27(32)33)34-28(3,4)5/h6-11,13,15-16,25H,12,14H2,1-5H3,(H,32,33). The summed E-state index contributed by atoms with van der Waals surface area (Å²) >= 11 is 0. The summed E-state index contributed by atoms with van der Waals surface area (Å²) in [6.07, 6.45) is 2.70. The summed E-state index contributed by atoms with van der Waals surface area (Å²) in [5, 5.41) is 10.2. The number of benzene rings is 2. The Kier molecular flexibility index (Phi) is 6.28. The lowest BCUT2D eigenvalue weighted by Gasteiger charge is -2.29. The van der Waals surface area contributed by atoms with Gasteiger partial charge < -0.3 is 14.7 Å². The molecule has 1 N–H and O–H groups in total. The van der Waals surface area contributed by atoms with Crippen LogP contribution in [0.15, 0.2) is 54.9 Å². The third kappa shape index (κ3) is 4.59. The van der Waals surface area contributed by atoms with Gasteiger partial charge >= 0.3 is 5.97 Å². The van der Waals surface area contributed by atoms with E-state index in [2.05, 4.69) is 4.98 Å². The van der Waals surface area contributed by atoms with E-state index in [0.717, 1.165) is 33.5 Å². The first kappa shape index (κ1) is 23.6. The van der Waals surface area contributed by atoms with Crippen LogP contribution in [-0.2, 0) is 16.0 Å². The van der Waals surface area contributed by atoms with E-state index in [1.807, 2.05) is 65.0 Å². The van der Waals surface area contributed by atoms with Crippen molar-refractivity contribution < 1.29 is 19.4 Å². The zero-order chi connectivity index (χ0) is 24.6. The van der Waals surface area contributed by atoms with Crippen LogP contribution in [0.2, 0.25) is 0 Å². The largest absolute Gasteiger partial charge is 0.479 e. The van der Waals surface area contributed by atoms with Crippen molar-refractivity contribution in [3.63, 3.8) is 0 Å². The molecule has 0 aliphatic carbocycles. The van der Waals surface area contributed by atoms with Crippen LogP contribution in [0.1, 0.15) is 59.5 Å². The number of fused-ring (bicyclic) bond motifs is 1. The van der Waals surface area contributed by atoms with Crippen molar-refractivity contribution in [2.75, 3.05) is 11.4 Å². The molecule has 34 heavy (non-hydrogen) atoms. The number of carboxylic acids is 1. The Morgan fingerprint density at radius 3 is 2.41 bits per heavy atom. The lowest BCUT2D eigenvalue weighted by atomic mass is 9.86. The summed E-state index contributed by atoms with van der Waals surface area (Å²) < 4.78 is 6.07. The molecule has 2 aromatic carbocycles. The molecule has 4 rings (SSSR count). The Bertz CT molecular complexity index is 1230. The third-order valence-electron chi connectivity index (χ3n) is 5.99. The van der Waals surface area contributed by atoms with Crippen molar-refractivity contribution in [3.8, 4) is 11.1 Å². The molecule has 0 saturated heterocycles. The fourth-order valence-electron chi connectivity index (χ4n) is 4.53. The molecule has 1 aliphatic heterocycles. The molecule has 1 unspecified atom stereocenters. The molecule has 2 heterocycles. The molecule has 1 amide bonds. The van der Waals surface area contributed by atoms with Gasteiger partial charge in [-0.3, -0.25) is 9.78 Å². The second-order valence-corrected chi connectivity index (χ2v) is 9.74. The van der Waals surface area contributed by atoms with Gasteiger partial charge in [0.2, 0.25) is 0 Å². The number of aryl methyl sites for hydroxylation is 2. The number of aliphatic carboxylic acids is 1. The minimum atomic E-state index is -1.13. The fraction of sp³-hybridized carbons (Fsp3) is 0.321. The highest BCUT2D eigenvalue weighted by molar-refractivity contribution is 6.08. The number of amides is 1. The van der Waals surface area contributed by atoms with Gasteiger partial charge in [0.15, 0.2) is 6.10 Å². The summed E-state index contributed by atoms with van der Waals surface area (Å²) in [7, 11) is 0. The van der Waals surface area contributed by atoms with E-state index in [4.69, 9.17) is 4.74 Å². The number of carbonyl (C=O) groups excluding carboxylic acids is 1. The number of rotatable bonds is 5. The number of nitrogens with zero attached hydrogens (tertiary/aromatic N) is 2. The van der Waals surface area contributed by atoms with Crippen LogP contribution in [0.3, 0.4) is 0 Å². The molecule has 1 aliphatic rings. The number of aromatic nitrogens is 1. The number of pyridine rings is 1. The maximum absolute atomic E-state index is 13.3. The van der Waals surface area contributed by atoms with Gasteiger partial charge in [-0.05, 0) is 81.5 Å². The molecule has 0 spiro atoms. The van der Waals surface area contributed by atoms with E-state index in [9.17, 15) is 14.7 Å². The number of hydrogen-bond donors (Lipinski definition) is 1. The highest BCUT2D eigenvalue weighted by Crippen LogP contribution is 2.44. The lowest BCUT2D eigenvalue weighted by molar-refractivity contribution is -0.160. The zero-order valence-corrected chi connectivity index (χ0v) is 20.3. The maximum Gasteiger partial charge on any atom is 0.337 e. The number of carbonyl (C=O) groups is 2. The van der Waals surface area contributed by atoms with Crippen LogP contribution in [0.4, 0.5) is 5.69 Å². The van der Waals surface area contributed by atoms with Gasteiger partial charge in [0.25, 0.3) is 5.91 Å². The van der Waals surface area contributed by atoms with Crippen LogP contribution in [0, 0.1) is 13.8 Å². The van der Waals surface area contributed by atoms with E-state index in [1.165, 1.54) is 0 Å². The quantitative estimate of drug-likeness (QED) is 0.545. The smallest absolute Gasteiger partial charge is 0.337 e. The van der Waals surface area contributed by atoms with Crippen LogP contribution in [0.25, 0.3) is 11.1 Å². The van der Waals surface area contributed by atoms with Crippen molar-refractivity contribution >= 4 is 17.6 Å². The molecular weight excluding hydrogens is 428 g/mol. The first-order valence-corrected chi connectivity index (χ1v) is 11.4. The van der Waals surface area contributed by atoms with Crippen molar-refractivity contribution in [1.82, 2.24) is 4.98 Å². The van der Waals surface area contributed by atoms with Crippen molar-refractivity contribution in [1.29, 1.82) is 0 Å². The molecule has 6 nitrogen and oxygen atoms in total. The average Bonchev–Trinajstić information content (AvgIpc) is 3.20. The summed E-state index contributed by atoms with van der Waals surface area (Å²) in [6.45, 7) is 9.98. The van der Waals surface area contributed by atoms with Crippen molar-refractivity contribution in [3.05, 3.63) is 82.7 Å². The highest BCUT2D eigenvalue weighted by Gasteiger charge is 2.36. The molecule has 0 saturated carbocycles. The third-order valence-corrected chi connectivity index (χ3v) is 5.99. The van der Waals surface area contributed by atoms with E-state index >= 15 is 0 Å². The van der Waals surface area contributed by atoms with E-state index in [0.29, 0.717) is 24.1 Å². The Morgan fingerprint density at radius 1 is 1.12 bits per heavy atom. The summed E-state index contributed by atoms with van der Waals surface area (Å²) in [6, 6.07) is 13.5. The molecule has 0 fully saturated rings. The van der Waals surface area contributed by atoms with E-state index in [-0.39, 0.29) is 5.91 Å². The van der Waals surface area contributed by atoms with Crippen LogP contribution in [0.5, 0.6) is 0 Å². The van der Waals surface area contributed by atoms with Gasteiger partial charge in [-0.2, -0.15) is 0 Å². The van der Waals surface area contributed by atoms with E-state index in [1.54, 1.807) is 29.4 Å². The molecule has 176 valence electrons. The lowest BCUT2D eigenvalue weighted by Crippen LogP contribution is -2.29. The van der Waals surface area contributed by atoms with E-state index < -0.39 is 17.7 Å². The molecule has 3 aromatic rings. The second-order valence-electron chi connectivity index (χ2n) is 9.74. The summed E-state index contributed by atoms with van der Waals surface area (Å²) in [4.78, 5) is 31.6. The first-order chi connectivity index (χ1) is 16.1. The van der Waals surface area contributed by atoms with Crippen molar-refractivity contribution in [2.24, 2.45) is 0 Å². The Balaban J connectivity index is 1.93. The normalized spacial score (nSPS) is 14.1. The second kappa shape index (κ2) is 9.03. The number of carboxylic acid groups (broad SMARTS) is 1. The van der Waals surface area contributed by atoms with Gasteiger partial charge in [0.05, 0.1) is 11.2 Å². The number of hydrogen-bond acceptors (Lipinski definition) is 4. The van der Waals surface area contributed by atoms with Gasteiger partial charge in [-0.25, -0.2) is 4.79 Å². The van der Waals surface area contributed by atoms with Gasteiger partial charge in [0, 0.05) is 30.2 Å². The minimum Gasteiger partial charge on any atom is -0.479 e. The Hall–Kier alpha value is -3.51. The molecule has 0 radical (unpaired) electrons. The summed E-state index contributed by atoms with van der Waals surface area (Å²) in [5.74, 6) is -1.15. The zero-order valence-electron chi connectivity index (χ0n) is 20.3. The highest BCUT2D eigenvalue weighted by atomic mass is 16.5. The van der Waals surface area contributed by atoms with Gasteiger partial charge in [-0.1, -0.05) is 29.8 Å². The Labute approximate surface area is 200 Å². The van der Waals surface area contributed by atoms with Crippen LogP contribution >= 0.6 is 0 Å². The topological polar surface area (TPSA) is 79.7 Å². The van der Waals surface area contributed by atoms with Crippen LogP contribution < -0.4 is 4.90 Å². The SMILES string of the molecule is Cc1ccc(-c2c3c(cc(C)c2C(OC(C)(C)C)C(=O)O)N(C(=O)c2cccnc2)CC3)cc1. The van der Waals surface area contributed by atoms with Crippen LogP contribution in [-0.4, -0.2) is 34.1 Å². The van der Waals surface area contributed by atoms with Gasteiger partial charge in [-0.15, -0.1) is 0 Å². The average molecular weight is 459 g/mol. The molecule has 6 heteroatoms. The minimum absolute atomic E-state index is 0.116. The molecule has 1 aromatic heterocycles. The predicted molar refractivity (Wildman–Crippen MR) is 132 cm³/mol. The van der Waals surface area contributed by atoms with Gasteiger partial charge in [0.1, 0.15) is 0 Å². The number of ether oxygens (including phenoxy) is 1. The maximum atomic E-state index is 13.3. The number of anilines is 1.